The molecule has 0 bridgehead atoms. The number of amides is 1. The third-order valence-electron chi connectivity index (χ3n) is 4.07. The molecule has 0 radical (unpaired) electrons. The number of halogens is 1. The van der Waals surface area contributed by atoms with Crippen LogP contribution in [0.4, 0.5) is 0 Å². The zero-order chi connectivity index (χ0) is 15.7. The Kier molecular flexibility index (Phi) is 4.26. The van der Waals surface area contributed by atoms with Gasteiger partial charge in [-0.05, 0) is 31.2 Å². The summed E-state index contributed by atoms with van der Waals surface area (Å²) in [5.74, 6) is -0.0769. The molecule has 7 heteroatoms. The van der Waals surface area contributed by atoms with Gasteiger partial charge in [0.1, 0.15) is 6.54 Å². The van der Waals surface area contributed by atoms with Gasteiger partial charge in [-0.15, -0.1) is 0 Å². The highest BCUT2D eigenvalue weighted by molar-refractivity contribution is 9.10. The predicted octanol–water partition coefficient (Wildman–Crippen LogP) is 0.979. The van der Waals surface area contributed by atoms with Crippen molar-refractivity contribution in [2.45, 2.75) is 19.0 Å². The molecular weight excluding hydrogens is 348 g/mol. The molecule has 1 unspecified atom stereocenters. The van der Waals surface area contributed by atoms with Crippen molar-refractivity contribution < 1.29 is 4.79 Å². The number of rotatable bonds is 3. The minimum absolute atomic E-state index is 0.0152. The molecular formula is C15H17BrN4O2. The smallest absolute Gasteiger partial charge is 0.261 e. The van der Waals surface area contributed by atoms with Gasteiger partial charge in [-0.2, -0.15) is 0 Å². The number of hydrogen-bond donors (Lipinski definition) is 1. The van der Waals surface area contributed by atoms with E-state index in [9.17, 15) is 9.59 Å². The van der Waals surface area contributed by atoms with Gasteiger partial charge in [-0.25, -0.2) is 4.98 Å². The van der Waals surface area contributed by atoms with Crippen LogP contribution in [0, 0.1) is 0 Å². The van der Waals surface area contributed by atoms with Gasteiger partial charge in [0.05, 0.1) is 17.2 Å². The Morgan fingerprint density at radius 2 is 2.36 bits per heavy atom. The maximum atomic E-state index is 12.5. The molecule has 6 nitrogen and oxygen atoms in total. The van der Waals surface area contributed by atoms with E-state index in [1.54, 1.807) is 24.1 Å². The van der Waals surface area contributed by atoms with Crippen LogP contribution in [0.1, 0.15) is 6.42 Å². The first-order valence-corrected chi connectivity index (χ1v) is 7.96. The van der Waals surface area contributed by atoms with E-state index in [2.05, 4.69) is 26.2 Å². The van der Waals surface area contributed by atoms with Crippen LogP contribution >= 0.6 is 15.9 Å². The number of aromatic nitrogens is 2. The van der Waals surface area contributed by atoms with E-state index in [0.29, 0.717) is 10.9 Å². The minimum atomic E-state index is -0.197. The Hall–Kier alpha value is -1.73. The van der Waals surface area contributed by atoms with E-state index in [0.717, 1.165) is 24.0 Å². The lowest BCUT2D eigenvalue weighted by molar-refractivity contribution is -0.132. The minimum Gasteiger partial charge on any atom is -0.340 e. The predicted molar refractivity (Wildman–Crippen MR) is 87.7 cm³/mol. The van der Waals surface area contributed by atoms with Crippen molar-refractivity contribution in [1.29, 1.82) is 0 Å². The van der Waals surface area contributed by atoms with Gasteiger partial charge in [-0.3, -0.25) is 14.2 Å². The van der Waals surface area contributed by atoms with Crippen LogP contribution in [-0.4, -0.2) is 46.5 Å². The van der Waals surface area contributed by atoms with Gasteiger partial charge in [0.25, 0.3) is 5.56 Å². The zero-order valence-electron chi connectivity index (χ0n) is 12.3. The molecule has 1 N–H and O–H groups in total. The summed E-state index contributed by atoms with van der Waals surface area (Å²) < 4.78 is 2.19. The maximum absolute atomic E-state index is 12.5. The summed E-state index contributed by atoms with van der Waals surface area (Å²) in [7, 11) is 1.79. The van der Waals surface area contributed by atoms with Gasteiger partial charge in [0, 0.05) is 24.1 Å². The second-order valence-corrected chi connectivity index (χ2v) is 6.41. The fourth-order valence-corrected chi connectivity index (χ4v) is 3.04. The zero-order valence-corrected chi connectivity index (χ0v) is 13.8. The monoisotopic (exact) mass is 364 g/mol. The summed E-state index contributed by atoms with van der Waals surface area (Å²) in [5, 5.41) is 3.74. The van der Waals surface area contributed by atoms with E-state index < -0.39 is 0 Å². The summed E-state index contributed by atoms with van der Waals surface area (Å²) in [6.07, 6.45) is 2.39. The fraction of sp³-hybridized carbons (Fsp3) is 0.400. The normalized spacial score (nSPS) is 17.8. The fourth-order valence-electron chi connectivity index (χ4n) is 2.67. The van der Waals surface area contributed by atoms with Crippen molar-refractivity contribution in [2.24, 2.45) is 0 Å². The van der Waals surface area contributed by atoms with Crippen molar-refractivity contribution in [3.63, 3.8) is 0 Å². The van der Waals surface area contributed by atoms with Gasteiger partial charge >= 0.3 is 0 Å². The largest absolute Gasteiger partial charge is 0.340 e. The Balaban J connectivity index is 1.85. The molecule has 1 aromatic carbocycles. The summed E-state index contributed by atoms with van der Waals surface area (Å²) in [4.78, 5) is 30.8. The number of carbonyl (C=O) groups is 1. The van der Waals surface area contributed by atoms with Crippen molar-refractivity contribution >= 4 is 32.7 Å². The summed E-state index contributed by atoms with van der Waals surface area (Å²) in [5.41, 5.74) is 0.433. The highest BCUT2D eigenvalue weighted by Crippen LogP contribution is 2.15. The van der Waals surface area contributed by atoms with Crippen LogP contribution in [0.15, 0.2) is 33.8 Å². The molecule has 22 heavy (non-hydrogen) atoms. The Labute approximate surface area is 136 Å². The molecule has 1 aliphatic heterocycles. The number of nitrogens with zero attached hydrogens (tertiary/aromatic N) is 3. The molecule has 1 amide bonds. The van der Waals surface area contributed by atoms with Crippen LogP contribution in [-0.2, 0) is 11.3 Å². The molecule has 1 saturated heterocycles. The average molecular weight is 365 g/mol. The number of carbonyl (C=O) groups excluding carboxylic acids is 1. The Bertz CT molecular complexity index is 768. The molecule has 116 valence electrons. The number of nitrogens with one attached hydrogen (secondary N) is 1. The van der Waals surface area contributed by atoms with Gasteiger partial charge in [0.2, 0.25) is 5.91 Å². The SMILES string of the molecule is CN(C(=O)Cn1cnc2ccc(Br)cc2c1=O)C1CCNC1. The first-order valence-electron chi connectivity index (χ1n) is 7.17. The highest BCUT2D eigenvalue weighted by atomic mass is 79.9. The molecule has 2 aromatic rings. The first kappa shape index (κ1) is 15.2. The number of likely N-dealkylation sites (N-methyl/N-ethyl adjacent to an activating group) is 1. The van der Waals surface area contributed by atoms with E-state index in [1.165, 1.54) is 10.9 Å². The molecule has 0 aliphatic carbocycles. The van der Waals surface area contributed by atoms with Crippen LogP contribution in [0.3, 0.4) is 0 Å². The van der Waals surface area contributed by atoms with E-state index in [1.807, 2.05) is 6.07 Å². The van der Waals surface area contributed by atoms with Gasteiger partial charge < -0.3 is 10.2 Å². The lowest BCUT2D eigenvalue weighted by Gasteiger charge is -2.24. The molecule has 1 fully saturated rings. The third kappa shape index (κ3) is 2.91. The van der Waals surface area contributed by atoms with E-state index >= 15 is 0 Å². The average Bonchev–Trinajstić information content (AvgIpc) is 3.04. The summed E-state index contributed by atoms with van der Waals surface area (Å²) in [6, 6.07) is 5.55. The maximum Gasteiger partial charge on any atom is 0.261 e. The molecule has 1 atom stereocenters. The summed E-state index contributed by atoms with van der Waals surface area (Å²) >= 11 is 3.35. The van der Waals surface area contributed by atoms with Crippen molar-refractivity contribution in [1.82, 2.24) is 19.8 Å². The van der Waals surface area contributed by atoms with Crippen molar-refractivity contribution in [2.75, 3.05) is 20.1 Å². The van der Waals surface area contributed by atoms with Gasteiger partial charge in [-0.1, -0.05) is 15.9 Å². The van der Waals surface area contributed by atoms with Crippen molar-refractivity contribution in [3.05, 3.63) is 39.4 Å². The molecule has 0 saturated carbocycles. The Morgan fingerprint density at radius 1 is 1.55 bits per heavy atom. The molecule has 3 rings (SSSR count). The quantitative estimate of drug-likeness (QED) is 0.881. The third-order valence-corrected chi connectivity index (χ3v) is 4.56. The van der Waals surface area contributed by atoms with Crippen LogP contribution < -0.4 is 10.9 Å². The Morgan fingerprint density at radius 3 is 3.09 bits per heavy atom. The highest BCUT2D eigenvalue weighted by Gasteiger charge is 2.23. The molecule has 0 spiro atoms. The number of hydrogen-bond acceptors (Lipinski definition) is 4. The second kappa shape index (κ2) is 6.18. The lowest BCUT2D eigenvalue weighted by atomic mass is 10.2. The molecule has 2 heterocycles. The van der Waals surface area contributed by atoms with Crippen LogP contribution in [0.5, 0.6) is 0 Å². The number of fused-ring (bicyclic) bond motifs is 1. The van der Waals surface area contributed by atoms with Gasteiger partial charge in [0.15, 0.2) is 0 Å². The molecule has 1 aromatic heterocycles. The van der Waals surface area contributed by atoms with Crippen LogP contribution in [0.25, 0.3) is 10.9 Å². The first-order chi connectivity index (χ1) is 10.6. The lowest BCUT2D eigenvalue weighted by Crippen LogP contribution is -2.41. The summed E-state index contributed by atoms with van der Waals surface area (Å²) in [6.45, 7) is 1.75. The topological polar surface area (TPSA) is 67.2 Å². The number of benzene rings is 1. The van der Waals surface area contributed by atoms with Crippen molar-refractivity contribution in [3.8, 4) is 0 Å². The van der Waals surface area contributed by atoms with E-state index in [-0.39, 0.29) is 24.1 Å². The second-order valence-electron chi connectivity index (χ2n) is 5.49. The van der Waals surface area contributed by atoms with Crippen LogP contribution in [0.2, 0.25) is 0 Å². The standard InChI is InChI=1S/C15H17BrN4O2/c1-19(11-4-5-17-7-11)14(21)8-20-9-18-13-3-2-10(16)6-12(13)15(20)22/h2-3,6,9,11,17H,4-5,7-8H2,1H3. The molecule has 1 aliphatic rings. The van der Waals surface area contributed by atoms with E-state index in [4.69, 9.17) is 0 Å².